The third-order valence-corrected chi connectivity index (χ3v) is 5.81. The van der Waals surface area contributed by atoms with Crippen molar-refractivity contribution >= 4 is 33.7 Å². The number of carbonyl (C=O) groups is 1. The number of hydrogen-bond donors (Lipinski definition) is 3. The van der Waals surface area contributed by atoms with E-state index in [1.165, 1.54) is 11.1 Å². The number of hydrogen-bond acceptors (Lipinski definition) is 5. The summed E-state index contributed by atoms with van der Waals surface area (Å²) in [6.07, 6.45) is 3.84. The number of rotatable bonds is 9. The number of fused-ring (bicyclic) bond motifs is 3. The third kappa shape index (κ3) is 4.29. The quantitative estimate of drug-likeness (QED) is 0.367. The van der Waals surface area contributed by atoms with Gasteiger partial charge in [0, 0.05) is 24.9 Å². The minimum absolute atomic E-state index is 0.197. The van der Waals surface area contributed by atoms with Crippen molar-refractivity contribution in [1.29, 1.82) is 0 Å². The third-order valence-electron chi connectivity index (χ3n) is 5.81. The molecule has 0 saturated heterocycles. The molecule has 0 bridgehead atoms. The van der Waals surface area contributed by atoms with Crippen molar-refractivity contribution in [3.63, 3.8) is 0 Å². The molecule has 0 radical (unpaired) electrons. The van der Waals surface area contributed by atoms with Crippen molar-refractivity contribution in [2.75, 3.05) is 12.8 Å². The Morgan fingerprint density at radius 1 is 1.09 bits per heavy atom. The summed E-state index contributed by atoms with van der Waals surface area (Å²) in [4.78, 5) is 20.7. The van der Waals surface area contributed by atoms with E-state index in [4.69, 9.17) is 10.7 Å². The Morgan fingerprint density at radius 3 is 2.53 bits per heavy atom. The van der Waals surface area contributed by atoms with Gasteiger partial charge in [-0.3, -0.25) is 0 Å². The smallest absolute Gasteiger partial charge is 0.335 e. The lowest BCUT2D eigenvalue weighted by Gasteiger charge is -2.12. The van der Waals surface area contributed by atoms with Crippen LogP contribution in [0.2, 0.25) is 0 Å². The Bertz CT molecular complexity index is 1260. The maximum atomic E-state index is 11.4. The lowest BCUT2D eigenvalue weighted by molar-refractivity contribution is 0.0697. The lowest BCUT2D eigenvalue weighted by atomic mass is 10.1. The molecule has 0 aliphatic carbocycles. The molecule has 2 aromatic heterocycles. The summed E-state index contributed by atoms with van der Waals surface area (Å²) in [5.74, 6) is 0.353. The number of carboxylic acids is 1. The first-order chi connectivity index (χ1) is 15.5. The van der Waals surface area contributed by atoms with Crippen LogP contribution in [-0.4, -0.2) is 32.7 Å². The molecule has 2 heterocycles. The highest BCUT2D eigenvalue weighted by atomic mass is 16.4. The maximum Gasteiger partial charge on any atom is 0.335 e. The van der Waals surface area contributed by atoms with E-state index in [9.17, 15) is 9.90 Å². The highest BCUT2D eigenvalue weighted by molar-refractivity contribution is 6.08. The Kier molecular flexibility index (Phi) is 6.37. The van der Waals surface area contributed by atoms with Gasteiger partial charge in [-0.25, -0.2) is 14.8 Å². The molecule has 7 heteroatoms. The number of aromatic carboxylic acids is 1. The van der Waals surface area contributed by atoms with Gasteiger partial charge in [0.25, 0.3) is 0 Å². The standard InChI is InChI=1S/C25H29N5O2/c1-3-4-5-21-29-22-23(19-11-10-18(25(31)32)14-20(19)28-24(22)26)30(21)13-12-16-6-8-17(9-7-16)15-27-2/h6-11,14,27H,3-5,12-13,15H2,1-2H3,(H2,26,28)(H,31,32). The molecule has 4 rings (SSSR count). The van der Waals surface area contributed by atoms with Gasteiger partial charge >= 0.3 is 5.97 Å². The van der Waals surface area contributed by atoms with Crippen molar-refractivity contribution in [1.82, 2.24) is 19.9 Å². The van der Waals surface area contributed by atoms with Gasteiger partial charge in [0.1, 0.15) is 11.3 Å². The van der Waals surface area contributed by atoms with E-state index in [0.29, 0.717) is 16.9 Å². The van der Waals surface area contributed by atoms with Crippen LogP contribution in [0.25, 0.3) is 21.9 Å². The number of imidazole rings is 1. The predicted octanol–water partition coefficient (Wildman–Crippen LogP) is 4.17. The number of anilines is 1. The number of benzene rings is 2. The second kappa shape index (κ2) is 9.36. The van der Waals surface area contributed by atoms with Crippen molar-refractivity contribution < 1.29 is 9.90 Å². The number of pyridine rings is 1. The van der Waals surface area contributed by atoms with Crippen LogP contribution in [0.4, 0.5) is 5.82 Å². The Morgan fingerprint density at radius 2 is 1.84 bits per heavy atom. The molecular weight excluding hydrogens is 402 g/mol. The molecule has 7 nitrogen and oxygen atoms in total. The topological polar surface area (TPSA) is 106 Å². The average molecular weight is 432 g/mol. The van der Waals surface area contributed by atoms with Crippen LogP contribution < -0.4 is 11.1 Å². The summed E-state index contributed by atoms with van der Waals surface area (Å²) in [5.41, 5.74) is 11.2. The summed E-state index contributed by atoms with van der Waals surface area (Å²) >= 11 is 0. The fourth-order valence-electron chi connectivity index (χ4n) is 4.13. The SMILES string of the molecule is CCCCc1nc2c(N)nc3cc(C(=O)O)ccc3c2n1CCc1ccc(CNC)cc1. The van der Waals surface area contributed by atoms with Gasteiger partial charge in [0.15, 0.2) is 5.82 Å². The zero-order valence-electron chi connectivity index (χ0n) is 18.6. The molecule has 0 unspecified atom stereocenters. The number of nitrogens with two attached hydrogens (primary N) is 1. The zero-order valence-corrected chi connectivity index (χ0v) is 18.6. The normalized spacial score (nSPS) is 11.4. The monoisotopic (exact) mass is 431 g/mol. The summed E-state index contributed by atoms with van der Waals surface area (Å²) in [6.45, 7) is 3.78. The molecule has 0 aliphatic heterocycles. The van der Waals surface area contributed by atoms with E-state index in [0.717, 1.165) is 55.5 Å². The van der Waals surface area contributed by atoms with Gasteiger partial charge in [0.2, 0.25) is 0 Å². The van der Waals surface area contributed by atoms with Gasteiger partial charge in [-0.1, -0.05) is 37.6 Å². The fourth-order valence-corrected chi connectivity index (χ4v) is 4.13. The van der Waals surface area contributed by atoms with Crippen LogP contribution in [0.5, 0.6) is 0 Å². The molecule has 0 aliphatic rings. The van der Waals surface area contributed by atoms with Crippen molar-refractivity contribution in [2.24, 2.45) is 0 Å². The van der Waals surface area contributed by atoms with Crippen LogP contribution in [0, 0.1) is 0 Å². The fraction of sp³-hybridized carbons (Fsp3) is 0.320. The molecular formula is C25H29N5O2. The van der Waals surface area contributed by atoms with Crippen molar-refractivity contribution in [2.45, 2.75) is 45.7 Å². The zero-order chi connectivity index (χ0) is 22.7. The van der Waals surface area contributed by atoms with E-state index in [1.54, 1.807) is 12.1 Å². The highest BCUT2D eigenvalue weighted by Crippen LogP contribution is 2.30. The van der Waals surface area contributed by atoms with Gasteiger partial charge < -0.3 is 20.7 Å². The van der Waals surface area contributed by atoms with E-state index in [-0.39, 0.29) is 5.56 Å². The molecule has 4 aromatic rings. The van der Waals surface area contributed by atoms with Crippen LogP contribution in [0.3, 0.4) is 0 Å². The van der Waals surface area contributed by atoms with E-state index >= 15 is 0 Å². The lowest BCUT2D eigenvalue weighted by Crippen LogP contribution is -2.08. The second-order valence-corrected chi connectivity index (χ2v) is 8.11. The molecule has 0 saturated carbocycles. The van der Waals surface area contributed by atoms with Crippen LogP contribution >= 0.6 is 0 Å². The molecule has 0 fully saturated rings. The number of nitrogens with one attached hydrogen (secondary N) is 1. The van der Waals surface area contributed by atoms with E-state index < -0.39 is 5.97 Å². The first-order valence-corrected chi connectivity index (χ1v) is 11.1. The van der Waals surface area contributed by atoms with Gasteiger partial charge in [-0.2, -0.15) is 0 Å². The molecule has 0 amide bonds. The Labute approximate surface area is 187 Å². The maximum absolute atomic E-state index is 11.4. The molecule has 0 atom stereocenters. The van der Waals surface area contributed by atoms with Crippen molar-refractivity contribution in [3.8, 4) is 0 Å². The number of nitrogens with zero attached hydrogens (tertiary/aromatic N) is 3. The summed E-state index contributed by atoms with van der Waals surface area (Å²) < 4.78 is 2.24. The van der Waals surface area contributed by atoms with Gasteiger partial charge in [0.05, 0.1) is 16.6 Å². The first-order valence-electron chi connectivity index (χ1n) is 11.1. The average Bonchev–Trinajstić information content (AvgIpc) is 3.16. The minimum Gasteiger partial charge on any atom is -0.478 e. The first kappa shape index (κ1) is 21.8. The summed E-state index contributed by atoms with van der Waals surface area (Å²) in [6, 6.07) is 13.7. The van der Waals surface area contributed by atoms with Gasteiger partial charge in [-0.05, 0) is 49.2 Å². The van der Waals surface area contributed by atoms with E-state index in [2.05, 4.69) is 46.1 Å². The van der Waals surface area contributed by atoms with Gasteiger partial charge in [-0.15, -0.1) is 0 Å². The largest absolute Gasteiger partial charge is 0.478 e. The number of unbranched alkanes of at least 4 members (excludes halogenated alkanes) is 1. The van der Waals surface area contributed by atoms with E-state index in [1.807, 2.05) is 13.1 Å². The molecule has 166 valence electrons. The second-order valence-electron chi connectivity index (χ2n) is 8.11. The summed E-state index contributed by atoms with van der Waals surface area (Å²) in [5, 5.41) is 13.4. The molecule has 32 heavy (non-hydrogen) atoms. The molecule has 2 aromatic carbocycles. The van der Waals surface area contributed by atoms with Crippen LogP contribution in [-0.2, 0) is 25.9 Å². The molecule has 0 spiro atoms. The summed E-state index contributed by atoms with van der Waals surface area (Å²) in [7, 11) is 1.94. The number of carboxylic acid groups (broad SMARTS) is 1. The van der Waals surface area contributed by atoms with Crippen molar-refractivity contribution in [3.05, 3.63) is 65.0 Å². The Hall–Kier alpha value is -3.45. The van der Waals surface area contributed by atoms with Crippen LogP contribution in [0.1, 0.15) is 47.1 Å². The predicted molar refractivity (Wildman–Crippen MR) is 128 cm³/mol. The van der Waals surface area contributed by atoms with Crippen LogP contribution in [0.15, 0.2) is 42.5 Å². The highest BCUT2D eigenvalue weighted by Gasteiger charge is 2.18. The number of aromatic nitrogens is 3. The number of aryl methyl sites for hydroxylation is 3. The number of nitrogen functional groups attached to an aromatic ring is 1. The Balaban J connectivity index is 1.78. The minimum atomic E-state index is -0.980. The molecule has 4 N–H and O–H groups in total.